The molecule has 2 nitrogen and oxygen atoms in total. The smallest absolute Gasteiger partial charge is 0.220 e. The van der Waals surface area contributed by atoms with Gasteiger partial charge in [-0.05, 0) is 49.4 Å². The van der Waals surface area contributed by atoms with E-state index in [4.69, 9.17) is 0 Å². The molecule has 2 aliphatic carbocycles. The monoisotopic (exact) mass is 433 g/mol. The Balaban J connectivity index is 1.68. The van der Waals surface area contributed by atoms with E-state index in [0.717, 1.165) is 43.1 Å². The third kappa shape index (κ3) is 12.3. The molecule has 2 saturated carbocycles. The van der Waals surface area contributed by atoms with Gasteiger partial charge >= 0.3 is 0 Å². The Labute approximate surface area is 195 Å². The molecule has 31 heavy (non-hydrogen) atoms. The summed E-state index contributed by atoms with van der Waals surface area (Å²) in [5.41, 5.74) is 0. The zero-order chi connectivity index (χ0) is 22.2. The average Bonchev–Trinajstić information content (AvgIpc) is 2.87. The first-order chi connectivity index (χ1) is 15.2. The molecule has 0 spiro atoms. The minimum absolute atomic E-state index is 0.315. The molecule has 0 radical (unpaired) electrons. The molecule has 3 unspecified atom stereocenters. The molecule has 0 aliphatic heterocycles. The SMILES string of the molecule is CCCC(CCCC(=O)NCC1CCCCCCCCC1)C1CCCCC(C)CCC1. The number of carbonyl (C=O) groups excluding carboxylic acids is 1. The van der Waals surface area contributed by atoms with E-state index < -0.39 is 0 Å². The van der Waals surface area contributed by atoms with Crippen molar-refractivity contribution in [3.63, 3.8) is 0 Å². The van der Waals surface area contributed by atoms with E-state index in [0.29, 0.717) is 5.91 Å². The first kappa shape index (κ1) is 26.7. The molecule has 1 amide bonds. The standard InChI is InChI=1S/C29H55NO/c1-3-15-27(28-20-12-11-16-25(2)17-13-21-28)22-14-23-29(31)30-24-26-18-9-7-5-4-6-8-10-19-26/h25-28H,3-24H2,1-2H3,(H,30,31). The molecule has 0 aromatic rings. The van der Waals surface area contributed by atoms with Crippen LogP contribution in [0.25, 0.3) is 0 Å². The van der Waals surface area contributed by atoms with Crippen LogP contribution in [0.1, 0.15) is 149 Å². The molecule has 0 bridgehead atoms. The Morgan fingerprint density at radius 3 is 2.06 bits per heavy atom. The van der Waals surface area contributed by atoms with E-state index in [9.17, 15) is 4.79 Å². The Bertz CT molecular complexity index is 438. The number of amides is 1. The minimum atomic E-state index is 0.315. The summed E-state index contributed by atoms with van der Waals surface area (Å²) in [6, 6.07) is 0. The van der Waals surface area contributed by atoms with Crippen molar-refractivity contribution in [2.24, 2.45) is 23.7 Å². The number of rotatable bonds is 9. The van der Waals surface area contributed by atoms with E-state index >= 15 is 0 Å². The molecule has 2 rings (SSSR count). The van der Waals surface area contributed by atoms with Gasteiger partial charge in [0, 0.05) is 13.0 Å². The number of hydrogen-bond acceptors (Lipinski definition) is 1. The molecule has 1 N–H and O–H groups in total. The highest BCUT2D eigenvalue weighted by Gasteiger charge is 2.22. The van der Waals surface area contributed by atoms with Crippen LogP contribution in [0.3, 0.4) is 0 Å². The lowest BCUT2D eigenvalue weighted by atomic mass is 9.79. The second-order valence-electron chi connectivity index (χ2n) is 11.2. The molecule has 0 saturated heterocycles. The van der Waals surface area contributed by atoms with Crippen molar-refractivity contribution in [1.82, 2.24) is 5.32 Å². The topological polar surface area (TPSA) is 29.1 Å². The van der Waals surface area contributed by atoms with Gasteiger partial charge in [-0.3, -0.25) is 4.79 Å². The van der Waals surface area contributed by atoms with Gasteiger partial charge in [0.15, 0.2) is 0 Å². The van der Waals surface area contributed by atoms with Gasteiger partial charge in [0.1, 0.15) is 0 Å². The lowest BCUT2D eigenvalue weighted by Crippen LogP contribution is -2.29. The van der Waals surface area contributed by atoms with Crippen LogP contribution in [0.4, 0.5) is 0 Å². The Kier molecular flexibility index (Phi) is 14.7. The highest BCUT2D eigenvalue weighted by atomic mass is 16.1. The lowest BCUT2D eigenvalue weighted by Gasteiger charge is -2.27. The maximum Gasteiger partial charge on any atom is 0.220 e. The van der Waals surface area contributed by atoms with Gasteiger partial charge in [-0.1, -0.05) is 117 Å². The van der Waals surface area contributed by atoms with Crippen LogP contribution in [0.5, 0.6) is 0 Å². The fourth-order valence-corrected chi connectivity index (χ4v) is 6.34. The van der Waals surface area contributed by atoms with E-state index in [1.807, 2.05) is 0 Å². The zero-order valence-corrected chi connectivity index (χ0v) is 21.3. The molecular formula is C29H55NO. The Hall–Kier alpha value is -0.530. The molecule has 2 heteroatoms. The van der Waals surface area contributed by atoms with Crippen molar-refractivity contribution in [3.8, 4) is 0 Å². The van der Waals surface area contributed by atoms with E-state index in [1.54, 1.807) is 0 Å². The van der Waals surface area contributed by atoms with E-state index in [1.165, 1.54) is 122 Å². The summed E-state index contributed by atoms with van der Waals surface area (Å²) < 4.78 is 0. The largest absolute Gasteiger partial charge is 0.356 e. The van der Waals surface area contributed by atoms with Gasteiger partial charge in [0.05, 0.1) is 0 Å². The molecule has 0 heterocycles. The highest BCUT2D eigenvalue weighted by Crippen LogP contribution is 2.34. The number of carbonyl (C=O) groups is 1. The molecule has 0 aromatic carbocycles. The summed E-state index contributed by atoms with van der Waals surface area (Å²) in [7, 11) is 0. The highest BCUT2D eigenvalue weighted by molar-refractivity contribution is 5.75. The van der Waals surface area contributed by atoms with Crippen LogP contribution in [0.2, 0.25) is 0 Å². The van der Waals surface area contributed by atoms with Crippen LogP contribution in [0, 0.1) is 23.7 Å². The van der Waals surface area contributed by atoms with Gasteiger partial charge in [-0.25, -0.2) is 0 Å². The van der Waals surface area contributed by atoms with Crippen molar-refractivity contribution in [3.05, 3.63) is 0 Å². The molecule has 182 valence electrons. The maximum atomic E-state index is 12.5. The maximum absolute atomic E-state index is 12.5. The molecule has 3 atom stereocenters. The van der Waals surface area contributed by atoms with Crippen molar-refractivity contribution in [2.45, 2.75) is 149 Å². The second-order valence-corrected chi connectivity index (χ2v) is 11.2. The Morgan fingerprint density at radius 2 is 1.35 bits per heavy atom. The molecular weight excluding hydrogens is 378 g/mol. The fourth-order valence-electron chi connectivity index (χ4n) is 6.34. The van der Waals surface area contributed by atoms with Crippen molar-refractivity contribution >= 4 is 5.91 Å². The normalized spacial score (nSPS) is 26.3. The van der Waals surface area contributed by atoms with E-state index in [-0.39, 0.29) is 0 Å². The first-order valence-electron chi connectivity index (χ1n) is 14.5. The predicted molar refractivity (Wildman–Crippen MR) is 135 cm³/mol. The summed E-state index contributed by atoms with van der Waals surface area (Å²) >= 11 is 0. The van der Waals surface area contributed by atoms with E-state index in [2.05, 4.69) is 19.2 Å². The van der Waals surface area contributed by atoms with Crippen molar-refractivity contribution < 1.29 is 4.79 Å². The number of nitrogens with one attached hydrogen (secondary N) is 1. The molecule has 2 aliphatic rings. The molecule has 2 fully saturated rings. The van der Waals surface area contributed by atoms with Gasteiger partial charge in [0.25, 0.3) is 0 Å². The second kappa shape index (κ2) is 17.0. The van der Waals surface area contributed by atoms with Gasteiger partial charge in [-0.15, -0.1) is 0 Å². The minimum Gasteiger partial charge on any atom is -0.356 e. The van der Waals surface area contributed by atoms with Gasteiger partial charge in [-0.2, -0.15) is 0 Å². The Morgan fingerprint density at radius 1 is 0.774 bits per heavy atom. The summed E-state index contributed by atoms with van der Waals surface area (Å²) in [5, 5.41) is 3.31. The molecule has 0 aromatic heterocycles. The lowest BCUT2D eigenvalue weighted by molar-refractivity contribution is -0.121. The average molecular weight is 434 g/mol. The van der Waals surface area contributed by atoms with Crippen LogP contribution in [-0.4, -0.2) is 12.5 Å². The van der Waals surface area contributed by atoms with Crippen LogP contribution in [0.15, 0.2) is 0 Å². The van der Waals surface area contributed by atoms with Crippen LogP contribution < -0.4 is 5.32 Å². The third-order valence-electron chi connectivity index (χ3n) is 8.41. The third-order valence-corrected chi connectivity index (χ3v) is 8.41. The quantitative estimate of drug-likeness (QED) is 0.386. The van der Waals surface area contributed by atoms with Crippen LogP contribution >= 0.6 is 0 Å². The fraction of sp³-hybridized carbons (Fsp3) is 0.966. The summed E-state index contributed by atoms with van der Waals surface area (Å²) in [5.74, 6) is 3.73. The van der Waals surface area contributed by atoms with Crippen molar-refractivity contribution in [2.75, 3.05) is 6.54 Å². The predicted octanol–water partition coefficient (Wildman–Crippen LogP) is 8.83. The number of hydrogen-bond donors (Lipinski definition) is 1. The summed E-state index contributed by atoms with van der Waals surface area (Å²) in [6.07, 6.45) is 28.2. The van der Waals surface area contributed by atoms with Gasteiger partial charge in [0.2, 0.25) is 5.91 Å². The van der Waals surface area contributed by atoms with Crippen molar-refractivity contribution in [1.29, 1.82) is 0 Å². The first-order valence-corrected chi connectivity index (χ1v) is 14.5. The van der Waals surface area contributed by atoms with Crippen LogP contribution in [-0.2, 0) is 4.79 Å². The zero-order valence-electron chi connectivity index (χ0n) is 21.3. The summed E-state index contributed by atoms with van der Waals surface area (Å²) in [4.78, 5) is 12.5. The summed E-state index contributed by atoms with van der Waals surface area (Å²) in [6.45, 7) is 5.72. The van der Waals surface area contributed by atoms with Gasteiger partial charge < -0.3 is 5.32 Å².